The monoisotopic (exact) mass is 199 g/mol. The summed E-state index contributed by atoms with van der Waals surface area (Å²) in [6.07, 6.45) is 1.99. The Balaban J connectivity index is 1.58. The Bertz CT molecular complexity index is 236. The van der Waals surface area contributed by atoms with Crippen molar-refractivity contribution in [1.29, 1.82) is 0 Å². The fraction of sp³-hybridized carbons (Fsp3) is 1.00. The molecule has 2 aliphatic heterocycles. The number of aliphatic hydroxyl groups excluding tert-OH is 1. The van der Waals surface area contributed by atoms with E-state index in [9.17, 15) is 10.2 Å². The van der Waals surface area contributed by atoms with Gasteiger partial charge in [-0.2, -0.15) is 0 Å². The molecule has 4 nitrogen and oxygen atoms in total. The molecule has 0 bridgehead atoms. The molecule has 2 atom stereocenters. The maximum atomic E-state index is 10.1. The third-order valence-electron chi connectivity index (χ3n) is 3.78. The summed E-state index contributed by atoms with van der Waals surface area (Å²) in [5, 5.41) is 19.7. The second-order valence-electron chi connectivity index (χ2n) is 4.95. The van der Waals surface area contributed by atoms with Gasteiger partial charge in [0.25, 0.3) is 0 Å². The molecular weight excluding hydrogens is 182 g/mol. The number of nitrogens with zero attached hydrogens (tertiary/aromatic N) is 1. The molecule has 0 amide bonds. The molecular formula is C10H17NO3. The zero-order chi connectivity index (χ0) is 9.76. The van der Waals surface area contributed by atoms with Gasteiger partial charge in [0, 0.05) is 13.1 Å². The average molecular weight is 199 g/mol. The zero-order valence-electron chi connectivity index (χ0n) is 8.22. The summed E-state index contributed by atoms with van der Waals surface area (Å²) in [6.45, 7) is 2.51. The predicted molar refractivity (Wildman–Crippen MR) is 49.9 cm³/mol. The smallest absolute Gasteiger partial charge is 0.0950 e. The summed E-state index contributed by atoms with van der Waals surface area (Å²) in [5.74, 6) is 0.526. The van der Waals surface area contributed by atoms with Crippen molar-refractivity contribution in [3.05, 3.63) is 0 Å². The molecule has 0 aromatic carbocycles. The summed E-state index contributed by atoms with van der Waals surface area (Å²) in [5.41, 5.74) is -0.442. The Morgan fingerprint density at radius 2 is 1.93 bits per heavy atom. The second-order valence-corrected chi connectivity index (χ2v) is 4.95. The highest BCUT2D eigenvalue weighted by molar-refractivity contribution is 5.07. The Kier molecular flexibility index (Phi) is 1.89. The molecule has 1 saturated carbocycles. The fourth-order valence-electron chi connectivity index (χ4n) is 2.65. The minimum Gasteiger partial charge on any atom is -0.389 e. The van der Waals surface area contributed by atoms with E-state index in [0.29, 0.717) is 19.1 Å². The minimum atomic E-state index is -0.442. The number of hydrogen-bond acceptors (Lipinski definition) is 4. The molecule has 4 heteroatoms. The first-order valence-corrected chi connectivity index (χ1v) is 5.41. The Morgan fingerprint density at radius 1 is 1.21 bits per heavy atom. The van der Waals surface area contributed by atoms with Gasteiger partial charge < -0.3 is 14.9 Å². The molecule has 2 N–H and O–H groups in total. The lowest BCUT2D eigenvalue weighted by Crippen LogP contribution is -2.67. The summed E-state index contributed by atoms with van der Waals surface area (Å²) in [4.78, 5) is 2.15. The minimum absolute atomic E-state index is 0.119. The van der Waals surface area contributed by atoms with Crippen molar-refractivity contribution in [3.63, 3.8) is 0 Å². The third-order valence-corrected chi connectivity index (χ3v) is 3.78. The van der Waals surface area contributed by atoms with Crippen molar-refractivity contribution < 1.29 is 14.9 Å². The van der Waals surface area contributed by atoms with E-state index in [-0.39, 0.29) is 12.1 Å². The predicted octanol–water partition coefficient (Wildman–Crippen LogP) is -0.797. The lowest BCUT2D eigenvalue weighted by Gasteiger charge is -2.50. The number of aliphatic hydroxyl groups is 2. The van der Waals surface area contributed by atoms with Gasteiger partial charge in [-0.1, -0.05) is 0 Å². The van der Waals surface area contributed by atoms with Crippen LogP contribution in [0.3, 0.4) is 0 Å². The van der Waals surface area contributed by atoms with Crippen LogP contribution in [0.5, 0.6) is 0 Å². The Labute approximate surface area is 83.5 Å². The van der Waals surface area contributed by atoms with Crippen molar-refractivity contribution in [2.24, 2.45) is 5.92 Å². The maximum Gasteiger partial charge on any atom is 0.0950 e. The normalized spacial score (nSPS) is 42.4. The van der Waals surface area contributed by atoms with E-state index >= 15 is 0 Å². The molecule has 1 aliphatic carbocycles. The number of hydrogen-bond donors (Lipinski definition) is 2. The van der Waals surface area contributed by atoms with E-state index in [2.05, 4.69) is 4.90 Å². The first-order chi connectivity index (χ1) is 6.69. The van der Waals surface area contributed by atoms with Crippen LogP contribution in [0.4, 0.5) is 0 Å². The van der Waals surface area contributed by atoms with Gasteiger partial charge in [0.05, 0.1) is 31.0 Å². The summed E-state index contributed by atoms with van der Waals surface area (Å²) >= 11 is 0. The van der Waals surface area contributed by atoms with Crippen molar-refractivity contribution in [3.8, 4) is 0 Å². The lowest BCUT2D eigenvalue weighted by molar-refractivity contribution is -0.138. The SMILES string of the molecule is O[C@@H]1COC[C@H]1N1CC(O)(C2CC2)C1. The molecule has 0 radical (unpaired) electrons. The largest absolute Gasteiger partial charge is 0.389 e. The van der Waals surface area contributed by atoms with Crippen molar-refractivity contribution in [2.75, 3.05) is 26.3 Å². The first-order valence-electron chi connectivity index (χ1n) is 5.41. The lowest BCUT2D eigenvalue weighted by atomic mass is 9.87. The standard InChI is InChI=1S/C10H17NO3/c12-9-4-14-3-8(9)11-5-10(13,6-11)7-1-2-7/h7-9,12-13H,1-6H2/t8-,9-/m1/s1. The van der Waals surface area contributed by atoms with E-state index in [0.717, 1.165) is 13.1 Å². The first kappa shape index (κ1) is 9.09. The Morgan fingerprint density at radius 3 is 2.43 bits per heavy atom. The van der Waals surface area contributed by atoms with Crippen molar-refractivity contribution in [2.45, 2.75) is 30.6 Å². The van der Waals surface area contributed by atoms with Gasteiger partial charge in [0.15, 0.2) is 0 Å². The molecule has 0 unspecified atom stereocenters. The van der Waals surface area contributed by atoms with E-state index in [1.165, 1.54) is 12.8 Å². The number of likely N-dealkylation sites (tertiary alicyclic amines) is 1. The molecule has 2 saturated heterocycles. The summed E-state index contributed by atoms with van der Waals surface area (Å²) < 4.78 is 5.20. The van der Waals surface area contributed by atoms with Gasteiger partial charge in [0.2, 0.25) is 0 Å². The molecule has 0 aromatic rings. The number of β-amino-alcohol motifs (C(OH)–C–C–N with tert-alkyl or cyclic N) is 1. The number of rotatable bonds is 2. The van der Waals surface area contributed by atoms with E-state index in [1.54, 1.807) is 0 Å². The van der Waals surface area contributed by atoms with E-state index in [4.69, 9.17) is 4.74 Å². The summed E-state index contributed by atoms with van der Waals surface area (Å²) in [7, 11) is 0. The second kappa shape index (κ2) is 2.92. The van der Waals surface area contributed by atoms with Gasteiger partial charge in [-0.15, -0.1) is 0 Å². The number of ether oxygens (including phenoxy) is 1. The van der Waals surface area contributed by atoms with Gasteiger partial charge in [-0.25, -0.2) is 0 Å². The molecule has 3 rings (SSSR count). The highest BCUT2D eigenvalue weighted by atomic mass is 16.5. The average Bonchev–Trinajstić information content (AvgIpc) is 2.86. The molecule has 14 heavy (non-hydrogen) atoms. The summed E-state index contributed by atoms with van der Waals surface area (Å²) in [6, 6.07) is 0.119. The van der Waals surface area contributed by atoms with Gasteiger partial charge in [-0.05, 0) is 18.8 Å². The van der Waals surface area contributed by atoms with Crippen LogP contribution in [-0.4, -0.2) is 59.2 Å². The van der Waals surface area contributed by atoms with Crippen LogP contribution >= 0.6 is 0 Å². The van der Waals surface area contributed by atoms with Crippen LogP contribution in [0.25, 0.3) is 0 Å². The van der Waals surface area contributed by atoms with Crippen molar-refractivity contribution >= 4 is 0 Å². The van der Waals surface area contributed by atoms with Crippen molar-refractivity contribution in [1.82, 2.24) is 4.90 Å². The van der Waals surface area contributed by atoms with E-state index < -0.39 is 5.60 Å². The van der Waals surface area contributed by atoms with Crippen LogP contribution in [0.2, 0.25) is 0 Å². The molecule has 0 aromatic heterocycles. The van der Waals surface area contributed by atoms with Gasteiger partial charge >= 0.3 is 0 Å². The third kappa shape index (κ3) is 1.29. The quantitative estimate of drug-likeness (QED) is 0.611. The van der Waals surface area contributed by atoms with Crippen LogP contribution in [-0.2, 0) is 4.74 Å². The van der Waals surface area contributed by atoms with E-state index in [1.807, 2.05) is 0 Å². The van der Waals surface area contributed by atoms with Crippen LogP contribution in [0, 0.1) is 5.92 Å². The molecule has 3 aliphatic rings. The molecule has 3 fully saturated rings. The Hall–Kier alpha value is -0.160. The fourth-order valence-corrected chi connectivity index (χ4v) is 2.65. The molecule has 2 heterocycles. The van der Waals surface area contributed by atoms with Gasteiger partial charge in [-0.3, -0.25) is 4.90 Å². The molecule has 80 valence electrons. The van der Waals surface area contributed by atoms with Gasteiger partial charge in [0.1, 0.15) is 0 Å². The van der Waals surface area contributed by atoms with Crippen LogP contribution in [0.1, 0.15) is 12.8 Å². The maximum absolute atomic E-state index is 10.1. The van der Waals surface area contributed by atoms with Crippen LogP contribution < -0.4 is 0 Å². The highest BCUT2D eigenvalue weighted by Crippen LogP contribution is 2.45. The topological polar surface area (TPSA) is 52.9 Å². The molecule has 0 spiro atoms. The highest BCUT2D eigenvalue weighted by Gasteiger charge is 2.54. The van der Waals surface area contributed by atoms with Crippen LogP contribution in [0.15, 0.2) is 0 Å². The zero-order valence-corrected chi connectivity index (χ0v) is 8.22.